The normalized spacial score (nSPS) is 22.6. The van der Waals surface area contributed by atoms with Gasteiger partial charge in [-0.05, 0) is 12.8 Å². The van der Waals surface area contributed by atoms with Gasteiger partial charge in [-0.1, -0.05) is 0 Å². The van der Waals surface area contributed by atoms with Gasteiger partial charge in [0, 0.05) is 13.1 Å². The van der Waals surface area contributed by atoms with Crippen LogP contribution in [0.15, 0.2) is 0 Å². The second kappa shape index (κ2) is 5.66. The van der Waals surface area contributed by atoms with Crippen molar-refractivity contribution >= 4 is 12.0 Å². The van der Waals surface area contributed by atoms with E-state index in [1.54, 1.807) is 0 Å². The standard InChI is InChI=1S/C9H16N2O5/c12-6-2-1-3-11(5-6)9(16)10-4-7(13)8(14)15/h6-7,12-13H,1-5H2,(H,10,16)(H,14,15)/t6?,7-/m0/s1. The Kier molecular flexibility index (Phi) is 4.51. The number of likely N-dealkylation sites (tertiary alicyclic amines) is 1. The summed E-state index contributed by atoms with van der Waals surface area (Å²) in [6.45, 7) is 0.446. The van der Waals surface area contributed by atoms with Gasteiger partial charge in [-0.15, -0.1) is 0 Å². The number of amides is 2. The molecule has 2 amide bonds. The van der Waals surface area contributed by atoms with Gasteiger partial charge >= 0.3 is 12.0 Å². The van der Waals surface area contributed by atoms with Crippen molar-refractivity contribution in [1.82, 2.24) is 10.2 Å². The molecule has 7 nitrogen and oxygen atoms in total. The van der Waals surface area contributed by atoms with Crippen molar-refractivity contribution in [3.63, 3.8) is 0 Å². The van der Waals surface area contributed by atoms with Gasteiger partial charge in [0.2, 0.25) is 0 Å². The summed E-state index contributed by atoms with van der Waals surface area (Å²) < 4.78 is 0. The second-order valence-electron chi connectivity index (χ2n) is 3.78. The first-order chi connectivity index (χ1) is 7.50. The van der Waals surface area contributed by atoms with E-state index >= 15 is 0 Å². The molecule has 0 aromatic heterocycles. The van der Waals surface area contributed by atoms with Crippen LogP contribution in [0.3, 0.4) is 0 Å². The number of nitrogens with zero attached hydrogens (tertiary/aromatic N) is 1. The van der Waals surface area contributed by atoms with E-state index in [1.165, 1.54) is 4.90 Å². The van der Waals surface area contributed by atoms with E-state index in [-0.39, 0.29) is 13.1 Å². The van der Waals surface area contributed by atoms with Crippen LogP contribution in [0.5, 0.6) is 0 Å². The van der Waals surface area contributed by atoms with Crippen molar-refractivity contribution in [2.75, 3.05) is 19.6 Å². The molecular formula is C9H16N2O5. The van der Waals surface area contributed by atoms with Crippen LogP contribution < -0.4 is 5.32 Å². The fourth-order valence-corrected chi connectivity index (χ4v) is 1.52. The van der Waals surface area contributed by atoms with Gasteiger partial charge in [0.05, 0.1) is 12.6 Å². The minimum Gasteiger partial charge on any atom is -0.479 e. The Hall–Kier alpha value is -1.34. The highest BCUT2D eigenvalue weighted by molar-refractivity contribution is 5.76. The maximum atomic E-state index is 11.5. The number of urea groups is 1. The zero-order valence-electron chi connectivity index (χ0n) is 8.80. The number of rotatable bonds is 3. The van der Waals surface area contributed by atoms with Gasteiger partial charge in [0.15, 0.2) is 6.10 Å². The molecule has 0 radical (unpaired) electrons. The molecule has 1 heterocycles. The van der Waals surface area contributed by atoms with E-state index in [0.29, 0.717) is 13.0 Å². The smallest absolute Gasteiger partial charge is 0.334 e. The van der Waals surface area contributed by atoms with Crippen LogP contribution >= 0.6 is 0 Å². The number of carboxylic acids is 1. The van der Waals surface area contributed by atoms with Crippen LogP contribution in [-0.2, 0) is 4.79 Å². The van der Waals surface area contributed by atoms with E-state index in [9.17, 15) is 14.7 Å². The Morgan fingerprint density at radius 1 is 1.50 bits per heavy atom. The third kappa shape index (κ3) is 3.67. The molecule has 16 heavy (non-hydrogen) atoms. The molecule has 0 saturated carbocycles. The number of carbonyl (C=O) groups excluding carboxylic acids is 1. The van der Waals surface area contributed by atoms with Crippen molar-refractivity contribution in [2.24, 2.45) is 0 Å². The number of aliphatic hydroxyl groups is 2. The minimum absolute atomic E-state index is 0.245. The molecule has 1 saturated heterocycles. The zero-order chi connectivity index (χ0) is 12.1. The minimum atomic E-state index is -1.60. The Balaban J connectivity index is 2.31. The van der Waals surface area contributed by atoms with Crippen molar-refractivity contribution in [3.8, 4) is 0 Å². The van der Waals surface area contributed by atoms with Crippen molar-refractivity contribution in [1.29, 1.82) is 0 Å². The molecule has 92 valence electrons. The van der Waals surface area contributed by atoms with Crippen LogP contribution in [0.1, 0.15) is 12.8 Å². The van der Waals surface area contributed by atoms with Crippen molar-refractivity contribution in [3.05, 3.63) is 0 Å². The molecule has 1 rings (SSSR count). The van der Waals surface area contributed by atoms with Crippen molar-refractivity contribution < 1.29 is 24.9 Å². The average Bonchev–Trinajstić information content (AvgIpc) is 2.25. The van der Waals surface area contributed by atoms with Gasteiger partial charge in [0.1, 0.15) is 0 Å². The summed E-state index contributed by atoms with van der Waals surface area (Å²) in [5.74, 6) is -1.38. The van der Waals surface area contributed by atoms with Crippen LogP contribution in [0.25, 0.3) is 0 Å². The molecule has 1 aliphatic heterocycles. The topological polar surface area (TPSA) is 110 Å². The average molecular weight is 232 g/mol. The fourth-order valence-electron chi connectivity index (χ4n) is 1.52. The molecule has 1 fully saturated rings. The summed E-state index contributed by atoms with van der Waals surface area (Å²) in [4.78, 5) is 23.2. The zero-order valence-corrected chi connectivity index (χ0v) is 8.80. The third-order valence-electron chi connectivity index (χ3n) is 2.42. The fraction of sp³-hybridized carbons (Fsp3) is 0.778. The van der Waals surface area contributed by atoms with E-state index in [0.717, 1.165) is 6.42 Å². The highest BCUT2D eigenvalue weighted by atomic mass is 16.4. The number of carbonyl (C=O) groups is 2. The van der Waals surface area contributed by atoms with E-state index in [4.69, 9.17) is 10.2 Å². The lowest BCUT2D eigenvalue weighted by Crippen LogP contribution is -2.49. The van der Waals surface area contributed by atoms with E-state index in [2.05, 4.69) is 5.32 Å². The predicted octanol–water partition coefficient (Wildman–Crippen LogP) is -1.40. The SMILES string of the molecule is O=C(O)[C@@H](O)CNC(=O)N1CCCC(O)C1. The van der Waals surface area contributed by atoms with Crippen LogP contribution in [0.4, 0.5) is 4.79 Å². The first-order valence-corrected chi connectivity index (χ1v) is 5.12. The quantitative estimate of drug-likeness (QED) is 0.478. The molecule has 0 spiro atoms. The first kappa shape index (κ1) is 12.7. The number of hydrogen-bond acceptors (Lipinski definition) is 4. The monoisotopic (exact) mass is 232 g/mol. The second-order valence-corrected chi connectivity index (χ2v) is 3.78. The Morgan fingerprint density at radius 2 is 2.19 bits per heavy atom. The summed E-state index contributed by atoms with van der Waals surface area (Å²) in [7, 11) is 0. The Bertz CT molecular complexity index is 271. The largest absolute Gasteiger partial charge is 0.479 e. The number of aliphatic hydroxyl groups excluding tert-OH is 2. The number of piperidine rings is 1. The molecule has 0 aliphatic carbocycles. The number of nitrogens with one attached hydrogen (secondary N) is 1. The summed E-state index contributed by atoms with van der Waals surface area (Å²) in [5.41, 5.74) is 0. The Labute approximate surface area is 92.7 Å². The van der Waals surface area contributed by atoms with E-state index < -0.39 is 24.2 Å². The molecule has 7 heteroatoms. The van der Waals surface area contributed by atoms with Crippen LogP contribution in [0.2, 0.25) is 0 Å². The third-order valence-corrected chi connectivity index (χ3v) is 2.42. The van der Waals surface area contributed by atoms with Gasteiger partial charge < -0.3 is 25.5 Å². The first-order valence-electron chi connectivity index (χ1n) is 5.12. The summed E-state index contributed by atoms with van der Waals surface area (Å²) >= 11 is 0. The summed E-state index contributed by atoms with van der Waals surface area (Å²) in [5, 5.41) is 29.0. The molecular weight excluding hydrogens is 216 g/mol. The number of carboxylic acid groups (broad SMARTS) is 1. The van der Waals surface area contributed by atoms with Gasteiger partial charge in [-0.2, -0.15) is 0 Å². The molecule has 2 atom stereocenters. The number of hydrogen-bond donors (Lipinski definition) is 4. The lowest BCUT2D eigenvalue weighted by atomic mass is 10.1. The molecule has 4 N–H and O–H groups in total. The lowest BCUT2D eigenvalue weighted by Gasteiger charge is -2.30. The summed E-state index contributed by atoms with van der Waals surface area (Å²) in [6, 6.07) is -0.459. The van der Waals surface area contributed by atoms with Crippen molar-refractivity contribution in [2.45, 2.75) is 25.0 Å². The molecule has 1 aliphatic rings. The maximum Gasteiger partial charge on any atom is 0.334 e. The maximum absolute atomic E-state index is 11.5. The summed E-state index contributed by atoms with van der Waals surface area (Å²) in [6.07, 6.45) is -0.736. The van der Waals surface area contributed by atoms with Crippen LogP contribution in [-0.4, -0.2) is 64.1 Å². The number of β-amino-alcohol motifs (C(OH)–C–C–N with tert-alkyl or cyclic N) is 1. The molecule has 0 aromatic rings. The van der Waals surface area contributed by atoms with Gasteiger partial charge in [0.25, 0.3) is 0 Å². The predicted molar refractivity (Wildman–Crippen MR) is 53.9 cm³/mol. The molecule has 0 aromatic carbocycles. The highest BCUT2D eigenvalue weighted by Gasteiger charge is 2.23. The molecule has 1 unspecified atom stereocenters. The highest BCUT2D eigenvalue weighted by Crippen LogP contribution is 2.09. The van der Waals surface area contributed by atoms with Gasteiger partial charge in [-0.25, -0.2) is 9.59 Å². The molecule has 0 bridgehead atoms. The number of aliphatic carboxylic acids is 1. The van der Waals surface area contributed by atoms with Crippen LogP contribution in [0, 0.1) is 0 Å². The Morgan fingerprint density at radius 3 is 2.75 bits per heavy atom. The van der Waals surface area contributed by atoms with Gasteiger partial charge in [-0.3, -0.25) is 0 Å². The lowest BCUT2D eigenvalue weighted by molar-refractivity contribution is -0.146. The van der Waals surface area contributed by atoms with E-state index in [1.807, 2.05) is 0 Å².